The van der Waals surface area contributed by atoms with Gasteiger partial charge in [0.05, 0.1) is 0 Å². The van der Waals surface area contributed by atoms with Gasteiger partial charge in [0.2, 0.25) is 0 Å². The molecule has 1 unspecified atom stereocenters. The summed E-state index contributed by atoms with van der Waals surface area (Å²) >= 11 is 0. The molecule has 0 saturated carbocycles. The summed E-state index contributed by atoms with van der Waals surface area (Å²) in [5, 5.41) is 2.54. The second-order valence-corrected chi connectivity index (χ2v) is 1.83. The Bertz CT molecular complexity index is 65.9. The lowest BCUT2D eigenvalue weighted by Crippen LogP contribution is -1.86. The van der Waals surface area contributed by atoms with Gasteiger partial charge in [-0.25, -0.2) is 0 Å². The molecule has 6 heavy (non-hydrogen) atoms. The highest BCUT2D eigenvalue weighted by molar-refractivity contribution is 7.44. The third-order valence-corrected chi connectivity index (χ3v) is 1.11. The average Bonchev–Trinajstić information content (AvgIpc) is 1.86. The molecule has 0 aromatic carbocycles. The minimum Gasteiger partial charge on any atom is -0.438 e. The van der Waals surface area contributed by atoms with Crippen molar-refractivity contribution in [2.75, 3.05) is 0 Å². The molecule has 0 bridgehead atoms. The van der Waals surface area contributed by atoms with Gasteiger partial charge < -0.3 is 14.5 Å². The van der Waals surface area contributed by atoms with Crippen LogP contribution in [0.3, 0.4) is 0 Å². The van der Waals surface area contributed by atoms with E-state index in [1.165, 1.54) is 6.26 Å². The van der Waals surface area contributed by atoms with Crippen LogP contribution in [0.2, 0.25) is 0 Å². The lowest BCUT2D eigenvalue weighted by atomic mass is 11.0. The fourth-order valence-corrected chi connectivity index (χ4v) is 0.638. The molecule has 1 heterocycles. The zero-order chi connectivity index (χ0) is 4.41. The highest BCUT2D eigenvalue weighted by Gasteiger charge is 2.03. The van der Waals surface area contributed by atoms with E-state index in [0.29, 0.717) is 0 Å². The first kappa shape index (κ1) is 3.90. The second-order valence-electron chi connectivity index (χ2n) is 0.810. The van der Waals surface area contributed by atoms with Crippen LogP contribution in [-0.2, 0) is 4.52 Å². The topological polar surface area (TPSA) is 41.5 Å². The normalized spacial score (nSPS) is 29.2. The molecule has 4 heteroatoms. The van der Waals surface area contributed by atoms with Crippen LogP contribution in [0, 0.1) is 0 Å². The van der Waals surface area contributed by atoms with Crippen LogP contribution >= 0.6 is 8.53 Å². The maximum absolute atomic E-state index is 8.40. The van der Waals surface area contributed by atoms with E-state index in [2.05, 4.69) is 9.61 Å². The standard InChI is InChI=1S/C2H4NO2P/c4-6-3-1-2-5-6/h1-4H. The van der Waals surface area contributed by atoms with Crippen molar-refractivity contribution in [3.63, 3.8) is 0 Å². The molecule has 0 aromatic heterocycles. The van der Waals surface area contributed by atoms with Crippen LogP contribution in [0.4, 0.5) is 0 Å². The van der Waals surface area contributed by atoms with Crippen molar-refractivity contribution in [2.24, 2.45) is 0 Å². The van der Waals surface area contributed by atoms with Gasteiger partial charge in [0, 0.05) is 6.20 Å². The Labute approximate surface area is 36.6 Å². The van der Waals surface area contributed by atoms with Gasteiger partial charge in [-0.3, -0.25) is 0 Å². The molecule has 0 aliphatic carbocycles. The van der Waals surface area contributed by atoms with Gasteiger partial charge in [-0.05, 0) is 0 Å². The van der Waals surface area contributed by atoms with E-state index < -0.39 is 8.53 Å². The molecule has 1 aliphatic rings. The van der Waals surface area contributed by atoms with Crippen LogP contribution in [-0.4, -0.2) is 4.89 Å². The lowest BCUT2D eigenvalue weighted by Gasteiger charge is -1.94. The first-order valence-electron chi connectivity index (χ1n) is 1.46. The smallest absolute Gasteiger partial charge is 0.346 e. The summed E-state index contributed by atoms with van der Waals surface area (Å²) in [7, 11) is -1.33. The van der Waals surface area contributed by atoms with Crippen molar-refractivity contribution in [3.05, 3.63) is 12.5 Å². The molecule has 3 nitrogen and oxygen atoms in total. The number of nitrogens with one attached hydrogen (secondary N) is 1. The number of hydrogen-bond acceptors (Lipinski definition) is 3. The molecule has 2 N–H and O–H groups in total. The van der Waals surface area contributed by atoms with E-state index in [1.807, 2.05) is 0 Å². The Hall–Kier alpha value is -0.270. The fraction of sp³-hybridized carbons (Fsp3) is 0. The van der Waals surface area contributed by atoms with Crippen LogP contribution in [0.1, 0.15) is 0 Å². The van der Waals surface area contributed by atoms with Crippen molar-refractivity contribution in [3.8, 4) is 0 Å². The van der Waals surface area contributed by atoms with Crippen molar-refractivity contribution in [2.45, 2.75) is 0 Å². The summed E-state index contributed by atoms with van der Waals surface area (Å²) < 4.78 is 4.48. The van der Waals surface area contributed by atoms with E-state index in [4.69, 9.17) is 4.89 Å². The van der Waals surface area contributed by atoms with Crippen molar-refractivity contribution < 1.29 is 9.42 Å². The minimum absolute atomic E-state index is 1.33. The molecule has 1 aliphatic heterocycles. The van der Waals surface area contributed by atoms with Crippen LogP contribution in [0.15, 0.2) is 12.5 Å². The summed E-state index contributed by atoms with van der Waals surface area (Å²) in [6, 6.07) is 0. The summed E-state index contributed by atoms with van der Waals surface area (Å²) in [6.45, 7) is 0. The summed E-state index contributed by atoms with van der Waals surface area (Å²) in [5.74, 6) is 0. The Kier molecular flexibility index (Phi) is 0.946. The maximum atomic E-state index is 8.40. The van der Waals surface area contributed by atoms with Crippen LogP contribution < -0.4 is 5.09 Å². The highest BCUT2D eigenvalue weighted by Crippen LogP contribution is 2.29. The van der Waals surface area contributed by atoms with Gasteiger partial charge >= 0.3 is 8.53 Å². The molecule has 0 amide bonds. The maximum Gasteiger partial charge on any atom is 0.346 e. The van der Waals surface area contributed by atoms with E-state index in [1.54, 1.807) is 6.20 Å². The van der Waals surface area contributed by atoms with Gasteiger partial charge in [-0.1, -0.05) is 0 Å². The van der Waals surface area contributed by atoms with E-state index in [9.17, 15) is 0 Å². The Balaban J connectivity index is 2.32. The molecule has 0 fully saturated rings. The highest BCUT2D eigenvalue weighted by atomic mass is 31.2. The van der Waals surface area contributed by atoms with Crippen molar-refractivity contribution in [1.82, 2.24) is 5.09 Å². The minimum atomic E-state index is -1.33. The number of rotatable bonds is 0. The zero-order valence-corrected chi connectivity index (χ0v) is 3.85. The predicted octanol–water partition coefficient (Wildman–Crippen LogP) is 0.297. The average molecular weight is 105 g/mol. The van der Waals surface area contributed by atoms with Crippen LogP contribution in [0.25, 0.3) is 0 Å². The van der Waals surface area contributed by atoms with Gasteiger partial charge in [0.1, 0.15) is 6.26 Å². The Morgan fingerprint density at radius 2 is 2.67 bits per heavy atom. The monoisotopic (exact) mass is 105 g/mol. The third-order valence-electron chi connectivity index (χ3n) is 0.414. The lowest BCUT2D eigenvalue weighted by molar-refractivity contribution is 0.449. The number of hydrogen-bond donors (Lipinski definition) is 2. The molecular weight excluding hydrogens is 101 g/mol. The van der Waals surface area contributed by atoms with Gasteiger partial charge in [-0.2, -0.15) is 0 Å². The molecule has 0 spiro atoms. The molecule has 0 radical (unpaired) electrons. The zero-order valence-electron chi connectivity index (χ0n) is 2.96. The van der Waals surface area contributed by atoms with E-state index in [-0.39, 0.29) is 0 Å². The molecule has 0 aromatic rings. The van der Waals surface area contributed by atoms with Crippen LogP contribution in [0.5, 0.6) is 0 Å². The second kappa shape index (κ2) is 1.45. The first-order chi connectivity index (χ1) is 2.89. The van der Waals surface area contributed by atoms with Crippen molar-refractivity contribution >= 4 is 8.53 Å². The molecule has 1 rings (SSSR count). The molecule has 1 atom stereocenters. The van der Waals surface area contributed by atoms with E-state index in [0.717, 1.165) is 0 Å². The van der Waals surface area contributed by atoms with E-state index >= 15 is 0 Å². The quantitative estimate of drug-likeness (QED) is 0.435. The largest absolute Gasteiger partial charge is 0.438 e. The SMILES string of the molecule is OP1NC=CO1. The van der Waals surface area contributed by atoms with Crippen molar-refractivity contribution in [1.29, 1.82) is 0 Å². The van der Waals surface area contributed by atoms with Gasteiger partial charge in [0.25, 0.3) is 0 Å². The Morgan fingerprint density at radius 1 is 1.83 bits per heavy atom. The molecular formula is C2H4NO2P. The Morgan fingerprint density at radius 3 is 2.83 bits per heavy atom. The summed E-state index contributed by atoms with van der Waals surface area (Å²) in [6.07, 6.45) is 2.98. The van der Waals surface area contributed by atoms with Gasteiger partial charge in [0.15, 0.2) is 0 Å². The first-order valence-corrected chi connectivity index (χ1v) is 2.68. The molecule has 0 saturated heterocycles. The van der Waals surface area contributed by atoms with Gasteiger partial charge in [-0.15, -0.1) is 0 Å². The summed E-state index contributed by atoms with van der Waals surface area (Å²) in [4.78, 5) is 8.40. The predicted molar refractivity (Wildman–Crippen MR) is 22.5 cm³/mol. The molecule has 34 valence electrons. The third kappa shape index (κ3) is 0.614. The summed E-state index contributed by atoms with van der Waals surface area (Å²) in [5.41, 5.74) is 0. The fourth-order valence-electron chi connectivity index (χ4n) is 0.213.